The van der Waals surface area contributed by atoms with Crippen LogP contribution in [0.1, 0.15) is 12.8 Å². The number of hydrogen-bond acceptors (Lipinski definition) is 10. The molecule has 0 spiro atoms. The van der Waals surface area contributed by atoms with E-state index in [9.17, 15) is 4.79 Å². The number of methoxy groups -OCH3 is 2. The minimum atomic E-state index is -0.0607. The molecule has 1 aromatic carbocycles. The number of morpholine rings is 1. The molecule has 2 aromatic heterocycles. The topological polar surface area (TPSA) is 107 Å². The Hall–Kier alpha value is -3.15. The summed E-state index contributed by atoms with van der Waals surface area (Å²) in [5.41, 5.74) is 1.06. The SMILES string of the molecule is C=CC(=O)C[C@H]1CCOC[C@H]1Nc1cc2c(NCCN3CCOCC3)nc(-c3c(Cl)c(OC)cc(OC)c3Cl)cc2cn1. The number of rotatable bonds is 12. The molecule has 0 saturated carbocycles. The molecule has 2 N–H and O–H groups in total. The maximum Gasteiger partial charge on any atom is 0.155 e. The summed E-state index contributed by atoms with van der Waals surface area (Å²) in [6.45, 7) is 9.49. The van der Waals surface area contributed by atoms with E-state index in [2.05, 4.69) is 22.1 Å². The lowest BCUT2D eigenvalue weighted by molar-refractivity contribution is -0.116. The number of ketones is 1. The molecule has 2 atom stereocenters. The Kier molecular flexibility index (Phi) is 10.6. The number of halogens is 2. The van der Waals surface area contributed by atoms with Crippen LogP contribution in [0.3, 0.4) is 0 Å². The fraction of sp³-hybridized carbons (Fsp3) is 0.452. The van der Waals surface area contributed by atoms with Crippen molar-refractivity contribution < 1.29 is 23.7 Å². The Morgan fingerprint density at radius 1 is 1.12 bits per heavy atom. The minimum absolute atomic E-state index is 0.0279. The predicted octanol–water partition coefficient (Wildman–Crippen LogP) is 5.33. The van der Waals surface area contributed by atoms with Crippen molar-refractivity contribution in [2.24, 2.45) is 5.92 Å². The standard InChI is InChI=1S/C31H37Cl2N5O5/c1-4-21(39)13-19-5-10-43-18-24(19)36-27-15-22-20(17-35-27)14-23(28-29(32)25(40-2)16-26(41-3)30(28)33)37-31(22)34-6-7-38-8-11-42-12-9-38/h4,14-17,19,24H,1,5-13,18H2,2-3H3,(H,34,37)(H,35,36)/t19-,24-/m1/s1. The average molecular weight is 631 g/mol. The Morgan fingerprint density at radius 3 is 2.56 bits per heavy atom. The number of anilines is 2. The molecule has 43 heavy (non-hydrogen) atoms. The van der Waals surface area contributed by atoms with E-state index in [4.69, 9.17) is 52.1 Å². The van der Waals surface area contributed by atoms with Crippen LogP contribution in [0, 0.1) is 5.92 Å². The molecule has 0 aliphatic carbocycles. The maximum atomic E-state index is 12.1. The van der Waals surface area contributed by atoms with Gasteiger partial charge in [0.1, 0.15) is 23.1 Å². The van der Waals surface area contributed by atoms with Crippen LogP contribution < -0.4 is 20.1 Å². The first-order chi connectivity index (χ1) is 20.9. The highest BCUT2D eigenvalue weighted by Crippen LogP contribution is 2.46. The monoisotopic (exact) mass is 629 g/mol. The molecule has 3 aromatic rings. The van der Waals surface area contributed by atoms with Gasteiger partial charge in [-0.15, -0.1) is 0 Å². The zero-order valence-corrected chi connectivity index (χ0v) is 26.0. The number of fused-ring (bicyclic) bond motifs is 1. The molecule has 2 aliphatic rings. The van der Waals surface area contributed by atoms with E-state index in [0.717, 1.165) is 50.0 Å². The number of allylic oxidation sites excluding steroid dienone is 1. The highest BCUT2D eigenvalue weighted by molar-refractivity contribution is 6.41. The van der Waals surface area contributed by atoms with Crippen molar-refractivity contribution in [3.63, 3.8) is 0 Å². The van der Waals surface area contributed by atoms with E-state index < -0.39 is 0 Å². The van der Waals surface area contributed by atoms with Gasteiger partial charge in [0.2, 0.25) is 0 Å². The highest BCUT2D eigenvalue weighted by atomic mass is 35.5. The molecule has 2 saturated heterocycles. The molecule has 0 radical (unpaired) electrons. The molecule has 0 amide bonds. The zero-order chi connectivity index (χ0) is 30.3. The average Bonchev–Trinajstić information content (AvgIpc) is 3.03. The molecule has 0 bridgehead atoms. The van der Waals surface area contributed by atoms with Crippen molar-refractivity contribution in [1.82, 2.24) is 14.9 Å². The first-order valence-electron chi connectivity index (χ1n) is 14.4. The van der Waals surface area contributed by atoms with E-state index >= 15 is 0 Å². The van der Waals surface area contributed by atoms with Crippen LogP contribution in [-0.4, -0.2) is 93.5 Å². The number of carbonyl (C=O) groups excluding carboxylic acids is 1. The van der Waals surface area contributed by atoms with Crippen LogP contribution in [0.25, 0.3) is 22.0 Å². The summed E-state index contributed by atoms with van der Waals surface area (Å²) in [6.07, 6.45) is 4.39. The number of benzene rings is 1. The van der Waals surface area contributed by atoms with Crippen LogP contribution >= 0.6 is 23.2 Å². The third-order valence-electron chi connectivity index (χ3n) is 7.89. The number of aromatic nitrogens is 2. The third kappa shape index (κ3) is 7.33. The molecular weight excluding hydrogens is 593 g/mol. The molecule has 230 valence electrons. The van der Waals surface area contributed by atoms with E-state index in [1.807, 2.05) is 12.1 Å². The lowest BCUT2D eigenvalue weighted by Gasteiger charge is -2.32. The molecule has 5 rings (SSSR count). The van der Waals surface area contributed by atoms with Crippen LogP contribution in [-0.2, 0) is 14.3 Å². The fourth-order valence-corrected chi connectivity index (χ4v) is 6.17. The van der Waals surface area contributed by atoms with Gasteiger partial charge in [-0.25, -0.2) is 9.97 Å². The van der Waals surface area contributed by atoms with E-state index in [-0.39, 0.29) is 17.7 Å². The first kappa shape index (κ1) is 31.3. The quantitative estimate of drug-likeness (QED) is 0.255. The highest BCUT2D eigenvalue weighted by Gasteiger charge is 2.28. The summed E-state index contributed by atoms with van der Waals surface area (Å²) >= 11 is 13.5. The molecule has 4 heterocycles. The molecular formula is C31H37Cl2N5O5. The zero-order valence-electron chi connectivity index (χ0n) is 24.5. The second-order valence-electron chi connectivity index (χ2n) is 10.6. The normalized spacial score (nSPS) is 19.2. The molecule has 2 aliphatic heterocycles. The van der Waals surface area contributed by atoms with Crippen LogP contribution in [0.5, 0.6) is 11.5 Å². The largest absolute Gasteiger partial charge is 0.495 e. The summed E-state index contributed by atoms with van der Waals surface area (Å²) < 4.78 is 22.2. The minimum Gasteiger partial charge on any atom is -0.495 e. The van der Waals surface area contributed by atoms with Crippen molar-refractivity contribution in [3.05, 3.63) is 47.1 Å². The van der Waals surface area contributed by atoms with Crippen molar-refractivity contribution in [3.8, 4) is 22.8 Å². The number of carbonyl (C=O) groups is 1. The van der Waals surface area contributed by atoms with Crippen molar-refractivity contribution in [1.29, 1.82) is 0 Å². The summed E-state index contributed by atoms with van der Waals surface area (Å²) in [5, 5.41) is 9.44. The van der Waals surface area contributed by atoms with Gasteiger partial charge in [-0.1, -0.05) is 29.8 Å². The maximum absolute atomic E-state index is 12.1. The smallest absolute Gasteiger partial charge is 0.155 e. The number of pyridine rings is 2. The van der Waals surface area contributed by atoms with Gasteiger partial charge in [0.05, 0.1) is 55.8 Å². The fourth-order valence-electron chi connectivity index (χ4n) is 5.47. The predicted molar refractivity (Wildman–Crippen MR) is 170 cm³/mol. The Labute approximate surface area is 261 Å². The lowest BCUT2D eigenvalue weighted by Crippen LogP contribution is -2.39. The second kappa shape index (κ2) is 14.5. The van der Waals surface area contributed by atoms with Gasteiger partial charge in [-0.2, -0.15) is 0 Å². The van der Waals surface area contributed by atoms with E-state index in [1.54, 1.807) is 26.5 Å². The summed E-state index contributed by atoms with van der Waals surface area (Å²) in [6, 6.07) is 5.47. The Balaban J connectivity index is 1.51. The van der Waals surface area contributed by atoms with Gasteiger partial charge in [0.15, 0.2) is 5.78 Å². The van der Waals surface area contributed by atoms with Crippen molar-refractivity contribution in [2.45, 2.75) is 18.9 Å². The van der Waals surface area contributed by atoms with E-state index in [0.29, 0.717) is 70.6 Å². The lowest BCUT2D eigenvalue weighted by atomic mass is 9.89. The summed E-state index contributed by atoms with van der Waals surface area (Å²) in [4.78, 5) is 24.2. The number of nitrogens with one attached hydrogen (secondary N) is 2. The van der Waals surface area contributed by atoms with Gasteiger partial charge < -0.3 is 29.6 Å². The third-order valence-corrected chi connectivity index (χ3v) is 8.64. The van der Waals surface area contributed by atoms with Gasteiger partial charge in [0.25, 0.3) is 0 Å². The Morgan fingerprint density at radius 2 is 1.86 bits per heavy atom. The second-order valence-corrected chi connectivity index (χ2v) is 11.3. The van der Waals surface area contributed by atoms with Gasteiger partial charge in [-0.3, -0.25) is 9.69 Å². The van der Waals surface area contributed by atoms with Gasteiger partial charge in [0, 0.05) is 67.8 Å². The summed E-state index contributed by atoms with van der Waals surface area (Å²) in [7, 11) is 3.08. The van der Waals surface area contributed by atoms with Crippen molar-refractivity contribution >= 4 is 51.4 Å². The van der Waals surface area contributed by atoms with Crippen LogP contribution in [0.15, 0.2) is 37.1 Å². The Bertz CT molecular complexity index is 1440. The molecule has 12 heteroatoms. The van der Waals surface area contributed by atoms with Crippen molar-refractivity contribution in [2.75, 3.05) is 77.5 Å². The van der Waals surface area contributed by atoms with Crippen LogP contribution in [0.4, 0.5) is 11.6 Å². The van der Waals surface area contributed by atoms with Gasteiger partial charge >= 0.3 is 0 Å². The van der Waals surface area contributed by atoms with Gasteiger partial charge in [-0.05, 0) is 30.5 Å². The summed E-state index contributed by atoms with van der Waals surface area (Å²) in [5.74, 6) is 2.34. The first-order valence-corrected chi connectivity index (χ1v) is 15.1. The number of nitrogens with zero attached hydrogens (tertiary/aromatic N) is 3. The molecule has 10 nitrogen and oxygen atoms in total. The van der Waals surface area contributed by atoms with E-state index in [1.165, 1.54) is 6.08 Å². The van der Waals surface area contributed by atoms with Crippen LogP contribution in [0.2, 0.25) is 10.0 Å². The molecule has 0 unspecified atom stereocenters. The molecule has 2 fully saturated rings. The number of hydrogen-bond donors (Lipinski definition) is 2. The number of ether oxygens (including phenoxy) is 4.